The molecule has 0 radical (unpaired) electrons. The number of nitrogens with zero attached hydrogens (tertiary/aromatic N) is 2. The summed E-state index contributed by atoms with van der Waals surface area (Å²) in [6, 6.07) is 5.36. The first-order chi connectivity index (χ1) is 9.02. The molecule has 0 unspecified atom stereocenters. The van der Waals surface area contributed by atoms with Crippen LogP contribution in [-0.4, -0.2) is 16.5 Å². The van der Waals surface area contributed by atoms with E-state index in [9.17, 15) is 13.2 Å². The van der Waals surface area contributed by atoms with E-state index < -0.39 is 11.7 Å². The first-order valence-corrected chi connectivity index (χ1v) is 5.70. The molecular formula is C13H13ClF3N3. The predicted octanol–water partition coefficient (Wildman–Crippen LogP) is 3.09. The van der Waals surface area contributed by atoms with Crippen LogP contribution in [0.25, 0.3) is 11.1 Å². The maximum Gasteiger partial charge on any atom is 0.417 e. The summed E-state index contributed by atoms with van der Waals surface area (Å²) in [7, 11) is 0. The summed E-state index contributed by atoms with van der Waals surface area (Å²) in [5.74, 6) is 0.524. The van der Waals surface area contributed by atoms with Gasteiger partial charge in [-0.25, -0.2) is 9.97 Å². The highest BCUT2D eigenvalue weighted by Gasteiger charge is 2.33. The molecule has 108 valence electrons. The summed E-state index contributed by atoms with van der Waals surface area (Å²) in [5, 5.41) is 0. The Morgan fingerprint density at radius 2 is 1.65 bits per heavy atom. The molecule has 0 amide bonds. The molecule has 0 fully saturated rings. The van der Waals surface area contributed by atoms with Gasteiger partial charge in [0.15, 0.2) is 0 Å². The largest absolute Gasteiger partial charge is 0.417 e. The van der Waals surface area contributed by atoms with Crippen molar-refractivity contribution in [1.29, 1.82) is 0 Å². The van der Waals surface area contributed by atoms with Crippen LogP contribution in [0.15, 0.2) is 36.7 Å². The smallest absolute Gasteiger partial charge is 0.330 e. The molecule has 1 aromatic carbocycles. The van der Waals surface area contributed by atoms with E-state index in [2.05, 4.69) is 9.97 Å². The van der Waals surface area contributed by atoms with E-state index in [4.69, 9.17) is 5.73 Å². The van der Waals surface area contributed by atoms with Gasteiger partial charge in [0.05, 0.1) is 5.56 Å². The average molecular weight is 304 g/mol. The van der Waals surface area contributed by atoms with Crippen LogP contribution in [0.1, 0.15) is 11.4 Å². The number of hydrogen-bond acceptors (Lipinski definition) is 3. The molecule has 20 heavy (non-hydrogen) atoms. The summed E-state index contributed by atoms with van der Waals surface area (Å²) in [4.78, 5) is 8.02. The molecule has 2 N–H and O–H groups in total. The van der Waals surface area contributed by atoms with Crippen molar-refractivity contribution in [3.8, 4) is 11.1 Å². The topological polar surface area (TPSA) is 51.8 Å². The van der Waals surface area contributed by atoms with Gasteiger partial charge in [0.1, 0.15) is 5.82 Å². The standard InChI is InChI=1S/C13H12F3N3.ClH/c14-13(15,16)11-4-2-1-3-10(11)9-7-18-12(5-6-17)19-8-9;/h1-4,7-8H,5-6,17H2;1H. The SMILES string of the molecule is Cl.NCCc1ncc(-c2ccccc2C(F)(F)F)cn1. The van der Waals surface area contributed by atoms with Gasteiger partial charge in [-0.15, -0.1) is 12.4 Å². The second kappa shape index (κ2) is 6.67. The highest BCUT2D eigenvalue weighted by molar-refractivity contribution is 5.85. The van der Waals surface area contributed by atoms with Gasteiger partial charge < -0.3 is 5.73 Å². The molecule has 0 atom stereocenters. The van der Waals surface area contributed by atoms with Crippen molar-refractivity contribution >= 4 is 12.4 Å². The quantitative estimate of drug-likeness (QED) is 0.948. The third-order valence-electron chi connectivity index (χ3n) is 2.62. The monoisotopic (exact) mass is 303 g/mol. The van der Waals surface area contributed by atoms with Crippen LogP contribution in [0.2, 0.25) is 0 Å². The Balaban J connectivity index is 0.00000200. The van der Waals surface area contributed by atoms with Gasteiger partial charge in [-0.3, -0.25) is 0 Å². The number of hydrogen-bond donors (Lipinski definition) is 1. The normalized spacial score (nSPS) is 11.0. The van der Waals surface area contributed by atoms with Gasteiger partial charge in [-0.1, -0.05) is 18.2 Å². The van der Waals surface area contributed by atoms with Gasteiger partial charge in [0, 0.05) is 24.4 Å². The van der Waals surface area contributed by atoms with Gasteiger partial charge >= 0.3 is 6.18 Å². The van der Waals surface area contributed by atoms with E-state index in [0.717, 1.165) is 6.07 Å². The molecule has 0 saturated heterocycles. The van der Waals surface area contributed by atoms with Gasteiger partial charge in [-0.2, -0.15) is 13.2 Å². The van der Waals surface area contributed by atoms with Crippen LogP contribution in [0.4, 0.5) is 13.2 Å². The summed E-state index contributed by atoms with van der Waals surface area (Å²) >= 11 is 0. The lowest BCUT2D eigenvalue weighted by Gasteiger charge is -2.12. The molecular weight excluding hydrogens is 291 g/mol. The molecule has 0 saturated carbocycles. The van der Waals surface area contributed by atoms with Crippen molar-refractivity contribution in [2.75, 3.05) is 6.54 Å². The zero-order valence-corrected chi connectivity index (χ0v) is 11.2. The molecule has 2 aromatic rings. The average Bonchev–Trinajstić information content (AvgIpc) is 2.39. The molecule has 0 aliphatic rings. The summed E-state index contributed by atoms with van der Waals surface area (Å²) < 4.78 is 38.6. The Morgan fingerprint density at radius 1 is 1.05 bits per heavy atom. The zero-order valence-electron chi connectivity index (χ0n) is 10.4. The van der Waals surface area contributed by atoms with Gasteiger partial charge in [-0.05, 0) is 18.2 Å². The minimum absolute atomic E-state index is 0. The molecule has 7 heteroatoms. The van der Waals surface area contributed by atoms with Crippen LogP contribution in [-0.2, 0) is 12.6 Å². The Morgan fingerprint density at radius 3 is 2.20 bits per heavy atom. The van der Waals surface area contributed by atoms with Crippen LogP contribution >= 0.6 is 12.4 Å². The molecule has 0 aliphatic heterocycles. The highest BCUT2D eigenvalue weighted by Crippen LogP contribution is 2.36. The minimum Gasteiger partial charge on any atom is -0.330 e. The predicted molar refractivity (Wildman–Crippen MR) is 72.5 cm³/mol. The summed E-state index contributed by atoms with van der Waals surface area (Å²) in [5.41, 5.74) is 5.09. The maximum absolute atomic E-state index is 12.9. The maximum atomic E-state index is 12.9. The lowest BCUT2D eigenvalue weighted by Crippen LogP contribution is -2.08. The highest BCUT2D eigenvalue weighted by atomic mass is 35.5. The van der Waals surface area contributed by atoms with E-state index in [0.29, 0.717) is 24.4 Å². The van der Waals surface area contributed by atoms with Gasteiger partial charge in [0.25, 0.3) is 0 Å². The fraction of sp³-hybridized carbons (Fsp3) is 0.231. The van der Waals surface area contributed by atoms with Crippen molar-refractivity contribution in [2.24, 2.45) is 5.73 Å². The van der Waals surface area contributed by atoms with Crippen LogP contribution in [0, 0.1) is 0 Å². The molecule has 0 aliphatic carbocycles. The second-order valence-electron chi connectivity index (χ2n) is 3.97. The lowest BCUT2D eigenvalue weighted by atomic mass is 10.0. The lowest BCUT2D eigenvalue weighted by molar-refractivity contribution is -0.137. The van der Waals surface area contributed by atoms with Crippen molar-refractivity contribution in [1.82, 2.24) is 9.97 Å². The third-order valence-corrected chi connectivity index (χ3v) is 2.62. The van der Waals surface area contributed by atoms with Gasteiger partial charge in [0.2, 0.25) is 0 Å². The number of rotatable bonds is 3. The van der Waals surface area contributed by atoms with Crippen molar-refractivity contribution in [3.05, 3.63) is 48.0 Å². The van der Waals surface area contributed by atoms with E-state index in [1.54, 1.807) is 6.07 Å². The first kappa shape index (κ1) is 16.4. The first-order valence-electron chi connectivity index (χ1n) is 5.70. The minimum atomic E-state index is -4.40. The number of aromatic nitrogens is 2. The second-order valence-corrected chi connectivity index (χ2v) is 3.97. The number of alkyl halides is 3. The van der Waals surface area contributed by atoms with Crippen LogP contribution < -0.4 is 5.73 Å². The third kappa shape index (κ3) is 3.68. The Bertz CT molecular complexity index is 556. The van der Waals surface area contributed by atoms with Crippen molar-refractivity contribution in [2.45, 2.75) is 12.6 Å². The number of halogens is 4. The summed E-state index contributed by atoms with van der Waals surface area (Å²) in [6.07, 6.45) is -1.11. The molecule has 2 rings (SSSR count). The van der Waals surface area contributed by atoms with Crippen LogP contribution in [0.5, 0.6) is 0 Å². The fourth-order valence-electron chi connectivity index (χ4n) is 1.73. The van der Waals surface area contributed by atoms with Crippen LogP contribution in [0.3, 0.4) is 0 Å². The Hall–Kier alpha value is -1.66. The number of nitrogens with two attached hydrogens (primary N) is 1. The van der Waals surface area contributed by atoms with E-state index in [-0.39, 0.29) is 18.0 Å². The Labute approximate surface area is 120 Å². The fourth-order valence-corrected chi connectivity index (χ4v) is 1.73. The Kier molecular flexibility index (Phi) is 5.47. The van der Waals surface area contributed by atoms with Crippen molar-refractivity contribution in [3.63, 3.8) is 0 Å². The molecule has 0 bridgehead atoms. The zero-order chi connectivity index (χ0) is 13.9. The molecule has 0 spiro atoms. The molecule has 1 heterocycles. The molecule has 3 nitrogen and oxygen atoms in total. The van der Waals surface area contributed by atoms with E-state index >= 15 is 0 Å². The van der Waals surface area contributed by atoms with Crippen molar-refractivity contribution < 1.29 is 13.2 Å². The van der Waals surface area contributed by atoms with E-state index in [1.807, 2.05) is 0 Å². The molecule has 1 aromatic heterocycles. The number of benzene rings is 1. The summed E-state index contributed by atoms with van der Waals surface area (Å²) in [6.45, 7) is 0.401. The van der Waals surface area contributed by atoms with E-state index in [1.165, 1.54) is 24.5 Å².